The number of carbonyl (C=O) groups is 2. The van der Waals surface area contributed by atoms with Crippen LogP contribution in [0.2, 0.25) is 0 Å². The molecule has 28 heavy (non-hydrogen) atoms. The van der Waals surface area contributed by atoms with Crippen LogP contribution in [0.4, 0.5) is 27.6 Å². The van der Waals surface area contributed by atoms with Crippen LogP contribution in [-0.4, -0.2) is 34.5 Å². The molecule has 0 saturated carbocycles. The zero-order valence-electron chi connectivity index (χ0n) is 15.0. The number of benzene rings is 1. The van der Waals surface area contributed by atoms with Crippen molar-refractivity contribution in [3.8, 4) is 0 Å². The van der Waals surface area contributed by atoms with Crippen LogP contribution in [0.1, 0.15) is 38.3 Å². The Balaban J connectivity index is 2.61. The first-order valence-electron chi connectivity index (χ1n) is 7.95. The van der Waals surface area contributed by atoms with Gasteiger partial charge in [-0.1, -0.05) is 12.1 Å². The van der Waals surface area contributed by atoms with Crippen LogP contribution >= 0.6 is 0 Å². The molecule has 0 radical (unpaired) electrons. The zero-order valence-corrected chi connectivity index (χ0v) is 15.0. The van der Waals surface area contributed by atoms with E-state index < -0.39 is 53.0 Å². The Labute approximate surface area is 156 Å². The van der Waals surface area contributed by atoms with Crippen LogP contribution in [0, 0.1) is 0 Å². The monoisotopic (exact) mass is 405 g/mol. The number of aliphatic carboxylic acids is 1. The zero-order chi connectivity index (χ0) is 21.5. The van der Waals surface area contributed by atoms with Crippen LogP contribution in [0.5, 0.6) is 0 Å². The first kappa shape index (κ1) is 21.5. The van der Waals surface area contributed by atoms with Crippen molar-refractivity contribution < 1.29 is 41.4 Å². The van der Waals surface area contributed by atoms with Crippen molar-refractivity contribution >= 4 is 29.4 Å². The highest BCUT2D eigenvalue weighted by atomic mass is 19.4. The summed E-state index contributed by atoms with van der Waals surface area (Å²) in [6, 6.07) is 1.92. The second-order valence-corrected chi connectivity index (χ2v) is 7.06. The van der Waals surface area contributed by atoms with Crippen molar-refractivity contribution in [1.29, 1.82) is 0 Å². The summed E-state index contributed by atoms with van der Waals surface area (Å²) in [5, 5.41) is 9.27. The number of aliphatic imine (C=N–C) groups is 1. The quantitative estimate of drug-likeness (QED) is 0.588. The lowest BCUT2D eigenvalue weighted by Gasteiger charge is -2.21. The smallest absolute Gasteiger partial charge is 0.458 e. The summed E-state index contributed by atoms with van der Waals surface area (Å²) in [5.74, 6) is -7.54. The number of nitrogens with zero attached hydrogens (tertiary/aromatic N) is 1. The van der Waals surface area contributed by atoms with Gasteiger partial charge >= 0.3 is 24.0 Å². The standard InChI is InChI=1S/C18H16F5NO4/c1-16(2,3)28-15(27)13-7-10(14(25)26)6-9-4-5-11(8-12(9)24-13)17(19,20)18(21,22)23/h4-6,8H,7H2,1-3H3,(H,25,26). The van der Waals surface area contributed by atoms with Gasteiger partial charge in [-0.05, 0) is 32.9 Å². The third-order valence-corrected chi connectivity index (χ3v) is 3.60. The molecule has 1 aromatic carbocycles. The predicted molar refractivity (Wildman–Crippen MR) is 89.6 cm³/mol. The highest BCUT2D eigenvalue weighted by molar-refractivity contribution is 6.38. The first-order valence-corrected chi connectivity index (χ1v) is 7.95. The number of ether oxygens (including phenoxy) is 1. The number of halogens is 5. The number of carbonyl (C=O) groups excluding carboxylic acids is 1. The fourth-order valence-electron chi connectivity index (χ4n) is 2.32. The summed E-state index contributed by atoms with van der Waals surface area (Å²) in [4.78, 5) is 27.5. The van der Waals surface area contributed by atoms with E-state index in [0.29, 0.717) is 12.1 Å². The number of rotatable bonds is 3. The molecule has 1 aliphatic rings. The molecule has 1 aliphatic heterocycles. The van der Waals surface area contributed by atoms with Gasteiger partial charge in [0.1, 0.15) is 11.3 Å². The fraction of sp³-hybridized carbons (Fsp3) is 0.389. The van der Waals surface area contributed by atoms with Gasteiger partial charge in [-0.2, -0.15) is 22.0 Å². The van der Waals surface area contributed by atoms with E-state index in [1.54, 1.807) is 20.8 Å². The number of carboxylic acids is 1. The molecule has 0 bridgehead atoms. The lowest BCUT2D eigenvalue weighted by Crippen LogP contribution is -2.33. The van der Waals surface area contributed by atoms with Gasteiger partial charge in [0.15, 0.2) is 0 Å². The number of alkyl halides is 5. The van der Waals surface area contributed by atoms with Crippen LogP contribution in [0.3, 0.4) is 0 Å². The number of hydrogen-bond donors (Lipinski definition) is 1. The van der Waals surface area contributed by atoms with Gasteiger partial charge in [-0.15, -0.1) is 0 Å². The Morgan fingerprint density at radius 1 is 1.11 bits per heavy atom. The van der Waals surface area contributed by atoms with Crippen LogP contribution in [0.25, 0.3) is 6.08 Å². The molecule has 0 aliphatic carbocycles. The second kappa shape index (κ2) is 6.99. The Hall–Kier alpha value is -2.78. The maximum atomic E-state index is 13.6. The van der Waals surface area contributed by atoms with Crippen molar-refractivity contribution in [3.05, 3.63) is 34.9 Å². The summed E-state index contributed by atoms with van der Waals surface area (Å²) < 4.78 is 70.3. The van der Waals surface area contributed by atoms with Crippen molar-refractivity contribution in [2.75, 3.05) is 0 Å². The lowest BCUT2D eigenvalue weighted by atomic mass is 10.0. The van der Waals surface area contributed by atoms with Crippen molar-refractivity contribution in [2.45, 2.75) is 44.9 Å². The molecule has 1 N–H and O–H groups in total. The predicted octanol–water partition coefficient (Wildman–Crippen LogP) is 4.63. The molecular weight excluding hydrogens is 389 g/mol. The molecule has 2 rings (SSSR count). The molecule has 0 atom stereocenters. The van der Waals surface area contributed by atoms with Gasteiger partial charge in [0.2, 0.25) is 0 Å². The van der Waals surface area contributed by atoms with E-state index in [-0.39, 0.29) is 11.1 Å². The van der Waals surface area contributed by atoms with Crippen LogP contribution in [-0.2, 0) is 20.2 Å². The minimum atomic E-state index is -5.83. The third-order valence-electron chi connectivity index (χ3n) is 3.60. The van der Waals surface area contributed by atoms with Crippen LogP contribution < -0.4 is 0 Å². The van der Waals surface area contributed by atoms with Crippen LogP contribution in [0.15, 0.2) is 28.8 Å². The summed E-state index contributed by atoms with van der Waals surface area (Å²) in [6.07, 6.45) is -5.25. The largest absolute Gasteiger partial charge is 0.478 e. The maximum absolute atomic E-state index is 13.6. The second-order valence-electron chi connectivity index (χ2n) is 7.06. The summed E-state index contributed by atoms with van der Waals surface area (Å²) in [6.45, 7) is 4.64. The van der Waals surface area contributed by atoms with E-state index in [4.69, 9.17) is 4.74 Å². The van der Waals surface area contributed by atoms with Gasteiger partial charge in [0.05, 0.1) is 5.69 Å². The lowest BCUT2D eigenvalue weighted by molar-refractivity contribution is -0.289. The van der Waals surface area contributed by atoms with E-state index in [0.717, 1.165) is 12.1 Å². The molecule has 0 fully saturated rings. The Bertz CT molecular complexity index is 879. The Kier molecular flexibility index (Phi) is 5.37. The molecule has 0 unspecified atom stereocenters. The Morgan fingerprint density at radius 2 is 1.71 bits per heavy atom. The molecule has 1 aromatic rings. The minimum absolute atomic E-state index is 0.0160. The maximum Gasteiger partial charge on any atom is 0.458 e. The van der Waals surface area contributed by atoms with Gasteiger partial charge in [0.25, 0.3) is 0 Å². The minimum Gasteiger partial charge on any atom is -0.478 e. The van der Waals surface area contributed by atoms with Crippen molar-refractivity contribution in [3.63, 3.8) is 0 Å². The highest BCUT2D eigenvalue weighted by Crippen LogP contribution is 2.45. The van der Waals surface area contributed by atoms with E-state index >= 15 is 0 Å². The highest BCUT2D eigenvalue weighted by Gasteiger charge is 2.58. The van der Waals surface area contributed by atoms with Gasteiger partial charge in [0, 0.05) is 23.1 Å². The van der Waals surface area contributed by atoms with Gasteiger partial charge in [-0.3, -0.25) is 0 Å². The van der Waals surface area contributed by atoms with E-state index in [9.17, 15) is 36.6 Å². The molecule has 1 heterocycles. The number of carboxylic acid groups (broad SMARTS) is 1. The summed E-state index contributed by atoms with van der Waals surface area (Å²) in [5.41, 5.74) is -3.45. The molecule has 5 nitrogen and oxygen atoms in total. The molecule has 10 heteroatoms. The summed E-state index contributed by atoms with van der Waals surface area (Å²) >= 11 is 0. The topological polar surface area (TPSA) is 76.0 Å². The van der Waals surface area contributed by atoms with E-state index in [1.165, 1.54) is 0 Å². The van der Waals surface area contributed by atoms with E-state index in [1.807, 2.05) is 0 Å². The third kappa shape index (κ3) is 4.55. The van der Waals surface area contributed by atoms with Crippen molar-refractivity contribution in [1.82, 2.24) is 0 Å². The van der Waals surface area contributed by atoms with E-state index in [2.05, 4.69) is 4.99 Å². The van der Waals surface area contributed by atoms with Crippen molar-refractivity contribution in [2.24, 2.45) is 4.99 Å². The first-order chi connectivity index (χ1) is 12.6. The number of hydrogen-bond acceptors (Lipinski definition) is 4. The number of fused-ring (bicyclic) bond motifs is 1. The molecule has 0 aromatic heterocycles. The van der Waals surface area contributed by atoms with Gasteiger partial charge in [-0.25, -0.2) is 14.6 Å². The fourth-order valence-corrected chi connectivity index (χ4v) is 2.32. The van der Waals surface area contributed by atoms with Gasteiger partial charge < -0.3 is 9.84 Å². The Morgan fingerprint density at radius 3 is 2.21 bits per heavy atom. The summed E-state index contributed by atoms with van der Waals surface area (Å²) in [7, 11) is 0. The molecule has 0 amide bonds. The molecule has 0 saturated heterocycles. The normalized spacial score (nSPS) is 15.1. The average molecular weight is 405 g/mol. The molecule has 0 spiro atoms. The molecule has 152 valence electrons. The SMILES string of the molecule is CC(C)(C)OC(=O)C1=Nc2cc(C(F)(F)C(F)(F)F)ccc2C=C(C(=O)O)C1. The molecular formula is C18H16F5NO4. The average Bonchev–Trinajstić information content (AvgIpc) is 2.71. The number of esters is 1.